The number of nitrogens with zero attached hydrogens (tertiary/aromatic N) is 2. The van der Waals surface area contributed by atoms with Crippen molar-refractivity contribution >= 4 is 15.9 Å². The third kappa shape index (κ3) is 2.80. The third-order valence-electron chi connectivity index (χ3n) is 2.06. The molecule has 0 saturated heterocycles. The lowest BCUT2D eigenvalue weighted by Crippen LogP contribution is -2.30. The van der Waals surface area contributed by atoms with Crippen molar-refractivity contribution in [2.45, 2.75) is 18.4 Å². The van der Waals surface area contributed by atoms with E-state index in [9.17, 15) is 8.42 Å². The Labute approximate surface area is 94.2 Å². The number of nitrogens with two attached hydrogens (primary N) is 1. The number of hydrogen-bond donors (Lipinski definition) is 3. The molecule has 16 heavy (non-hydrogen) atoms. The van der Waals surface area contributed by atoms with E-state index in [2.05, 4.69) is 9.97 Å². The van der Waals surface area contributed by atoms with E-state index in [4.69, 9.17) is 11.1 Å². The van der Waals surface area contributed by atoms with Crippen LogP contribution < -0.4 is 5.73 Å². The molecule has 0 aliphatic heterocycles. The molecule has 0 spiro atoms. The van der Waals surface area contributed by atoms with Crippen LogP contribution in [0.3, 0.4) is 0 Å². The Kier molecular flexibility index (Phi) is 3.66. The average Bonchev–Trinajstić information content (AvgIpc) is 2.61. The maximum Gasteiger partial charge on any atom is 0.259 e. The number of nitrogens with one attached hydrogen (secondary N) is 2. The molecule has 1 rings (SSSR count). The van der Waals surface area contributed by atoms with Gasteiger partial charge in [-0.25, -0.2) is 13.4 Å². The Morgan fingerprint density at radius 3 is 2.75 bits per heavy atom. The standard InChI is InChI=1S/C8H15N5O2S/c1-6-11-5-8(12-6)16(14,15)13(2)4-3-7(9)10/h5H,3-4H2,1-2H3,(H3,9,10)(H,11,12). The zero-order chi connectivity index (χ0) is 12.3. The van der Waals surface area contributed by atoms with Crippen LogP contribution in [-0.2, 0) is 10.0 Å². The number of aromatic amines is 1. The Bertz CT molecular complexity index is 478. The topological polar surface area (TPSA) is 116 Å². The van der Waals surface area contributed by atoms with E-state index < -0.39 is 10.0 Å². The first-order chi connectivity index (χ1) is 7.34. The Morgan fingerprint density at radius 2 is 2.31 bits per heavy atom. The second-order valence-electron chi connectivity index (χ2n) is 3.43. The first-order valence-corrected chi connectivity index (χ1v) is 6.09. The summed E-state index contributed by atoms with van der Waals surface area (Å²) >= 11 is 0. The summed E-state index contributed by atoms with van der Waals surface area (Å²) in [5.74, 6) is 0.501. The van der Waals surface area contributed by atoms with Crippen molar-refractivity contribution in [1.82, 2.24) is 14.3 Å². The number of aromatic nitrogens is 2. The van der Waals surface area contributed by atoms with E-state index in [1.165, 1.54) is 13.2 Å². The highest BCUT2D eigenvalue weighted by Gasteiger charge is 2.22. The molecule has 1 aromatic rings. The predicted molar refractivity (Wildman–Crippen MR) is 59.7 cm³/mol. The van der Waals surface area contributed by atoms with Crippen molar-refractivity contribution in [3.05, 3.63) is 12.0 Å². The van der Waals surface area contributed by atoms with Gasteiger partial charge in [0, 0.05) is 20.0 Å². The van der Waals surface area contributed by atoms with Gasteiger partial charge in [-0.15, -0.1) is 0 Å². The summed E-state index contributed by atoms with van der Waals surface area (Å²) in [6.45, 7) is 1.85. The molecule has 90 valence electrons. The van der Waals surface area contributed by atoms with Crippen LogP contribution in [0.25, 0.3) is 0 Å². The number of rotatable bonds is 5. The number of hydrogen-bond acceptors (Lipinski definition) is 4. The highest BCUT2D eigenvalue weighted by atomic mass is 32.2. The highest BCUT2D eigenvalue weighted by molar-refractivity contribution is 7.89. The number of amidine groups is 1. The maximum absolute atomic E-state index is 11.9. The number of sulfonamides is 1. The summed E-state index contributed by atoms with van der Waals surface area (Å²) in [5, 5.41) is 7.09. The van der Waals surface area contributed by atoms with E-state index in [1.807, 2.05) is 0 Å². The van der Waals surface area contributed by atoms with Gasteiger partial charge < -0.3 is 10.7 Å². The van der Waals surface area contributed by atoms with Crippen LogP contribution in [0.4, 0.5) is 0 Å². The van der Waals surface area contributed by atoms with Crippen molar-refractivity contribution in [2.75, 3.05) is 13.6 Å². The van der Waals surface area contributed by atoms with Crippen LogP contribution in [0.5, 0.6) is 0 Å². The molecule has 0 bridgehead atoms. The summed E-state index contributed by atoms with van der Waals surface area (Å²) in [4.78, 5) is 6.49. The predicted octanol–water partition coefficient (Wildman–Crippen LogP) is -0.335. The fourth-order valence-corrected chi connectivity index (χ4v) is 2.23. The van der Waals surface area contributed by atoms with Crippen LogP contribution in [0.2, 0.25) is 0 Å². The largest absolute Gasteiger partial charge is 0.388 e. The zero-order valence-electron chi connectivity index (χ0n) is 9.19. The lowest BCUT2D eigenvalue weighted by Gasteiger charge is -2.15. The first-order valence-electron chi connectivity index (χ1n) is 4.65. The van der Waals surface area contributed by atoms with E-state index in [0.717, 1.165) is 4.31 Å². The number of H-pyrrole nitrogens is 1. The highest BCUT2D eigenvalue weighted by Crippen LogP contribution is 2.11. The minimum Gasteiger partial charge on any atom is -0.388 e. The normalized spacial score (nSPS) is 11.9. The second-order valence-corrected chi connectivity index (χ2v) is 5.45. The molecule has 7 nitrogen and oxygen atoms in total. The SMILES string of the molecule is Cc1ncc(S(=O)(=O)N(C)CCC(=N)N)[nH]1. The van der Waals surface area contributed by atoms with Crippen molar-refractivity contribution in [1.29, 1.82) is 5.41 Å². The molecule has 0 fully saturated rings. The first kappa shape index (κ1) is 12.7. The van der Waals surface area contributed by atoms with E-state index >= 15 is 0 Å². The van der Waals surface area contributed by atoms with Gasteiger partial charge in [-0.2, -0.15) is 4.31 Å². The lowest BCUT2D eigenvalue weighted by atomic mass is 10.4. The molecule has 0 unspecified atom stereocenters. The van der Waals surface area contributed by atoms with Crippen LogP contribution in [0.1, 0.15) is 12.2 Å². The molecule has 8 heteroatoms. The van der Waals surface area contributed by atoms with Gasteiger partial charge in [-0.3, -0.25) is 5.41 Å². The summed E-state index contributed by atoms with van der Waals surface area (Å²) in [6, 6.07) is 0. The monoisotopic (exact) mass is 245 g/mol. The summed E-state index contributed by atoms with van der Waals surface area (Å²) < 4.78 is 24.9. The maximum atomic E-state index is 11.9. The van der Waals surface area contributed by atoms with Gasteiger partial charge >= 0.3 is 0 Å². The Balaban J connectivity index is 2.82. The molecular formula is C8H15N5O2S. The molecule has 4 N–H and O–H groups in total. The van der Waals surface area contributed by atoms with Crippen LogP contribution >= 0.6 is 0 Å². The van der Waals surface area contributed by atoms with Gasteiger partial charge in [0.25, 0.3) is 10.0 Å². The summed E-state index contributed by atoms with van der Waals surface area (Å²) in [6.07, 6.45) is 1.48. The zero-order valence-corrected chi connectivity index (χ0v) is 10.0. The van der Waals surface area contributed by atoms with Crippen molar-refractivity contribution in [2.24, 2.45) is 5.73 Å². The Hall–Kier alpha value is -1.41. The van der Waals surface area contributed by atoms with Gasteiger partial charge in [-0.1, -0.05) is 0 Å². The van der Waals surface area contributed by atoms with E-state index in [0.29, 0.717) is 5.82 Å². The van der Waals surface area contributed by atoms with Gasteiger partial charge in [0.15, 0.2) is 5.03 Å². The molecule has 0 amide bonds. The third-order valence-corrected chi connectivity index (χ3v) is 3.83. The molecular weight excluding hydrogens is 230 g/mol. The van der Waals surface area contributed by atoms with Crippen LogP contribution in [0, 0.1) is 12.3 Å². The van der Waals surface area contributed by atoms with Crippen molar-refractivity contribution in [3.8, 4) is 0 Å². The molecule has 0 saturated carbocycles. The molecule has 0 atom stereocenters. The second kappa shape index (κ2) is 4.62. The molecule has 0 radical (unpaired) electrons. The molecule has 1 aromatic heterocycles. The number of aryl methyl sites for hydroxylation is 1. The molecule has 0 aromatic carbocycles. The minimum atomic E-state index is -3.55. The van der Waals surface area contributed by atoms with Crippen molar-refractivity contribution < 1.29 is 8.42 Å². The minimum absolute atomic E-state index is 0.0390. The van der Waals surface area contributed by atoms with Crippen LogP contribution in [-0.4, -0.2) is 42.1 Å². The lowest BCUT2D eigenvalue weighted by molar-refractivity contribution is 0.475. The quantitative estimate of drug-likeness (QED) is 0.486. The van der Waals surface area contributed by atoms with E-state index in [-0.39, 0.29) is 23.8 Å². The van der Waals surface area contributed by atoms with Crippen molar-refractivity contribution in [3.63, 3.8) is 0 Å². The fraction of sp³-hybridized carbons (Fsp3) is 0.500. The molecule has 0 aliphatic rings. The molecule has 1 heterocycles. The van der Waals surface area contributed by atoms with Crippen LogP contribution in [0.15, 0.2) is 11.2 Å². The van der Waals surface area contributed by atoms with E-state index in [1.54, 1.807) is 6.92 Å². The fourth-order valence-electron chi connectivity index (χ4n) is 1.10. The van der Waals surface area contributed by atoms with Gasteiger partial charge in [-0.05, 0) is 6.92 Å². The van der Waals surface area contributed by atoms with Gasteiger partial charge in [0.05, 0.1) is 12.0 Å². The average molecular weight is 245 g/mol. The Morgan fingerprint density at radius 1 is 1.69 bits per heavy atom. The van der Waals surface area contributed by atoms with Gasteiger partial charge in [0.1, 0.15) is 5.82 Å². The summed E-state index contributed by atoms with van der Waals surface area (Å²) in [5.41, 5.74) is 5.17. The summed E-state index contributed by atoms with van der Waals surface area (Å²) in [7, 11) is -2.11. The number of imidazole rings is 1. The van der Waals surface area contributed by atoms with Gasteiger partial charge in [0.2, 0.25) is 0 Å². The smallest absolute Gasteiger partial charge is 0.259 e. The molecule has 0 aliphatic carbocycles.